The molecule has 0 aromatic heterocycles. The van der Waals surface area contributed by atoms with E-state index < -0.39 is 0 Å². The molecule has 1 amide bonds. The van der Waals surface area contributed by atoms with Crippen molar-refractivity contribution in [3.05, 3.63) is 23.5 Å². The van der Waals surface area contributed by atoms with Crippen LogP contribution >= 0.6 is 0 Å². The average Bonchev–Trinajstić information content (AvgIpc) is 2.51. The molecule has 3 heterocycles. The van der Waals surface area contributed by atoms with Gasteiger partial charge in [0.15, 0.2) is 0 Å². The molecule has 3 aliphatic rings. The lowest BCUT2D eigenvalue weighted by molar-refractivity contribution is -0.115. The molecule has 2 N–H and O–H groups in total. The van der Waals surface area contributed by atoms with E-state index >= 15 is 0 Å². The zero-order valence-electron chi connectivity index (χ0n) is 9.93. The molecule has 2 atom stereocenters. The number of nitrogens with zero attached hydrogens (tertiary/aromatic N) is 3. The first-order valence-corrected chi connectivity index (χ1v) is 6.20. The molecule has 2 saturated heterocycles. The van der Waals surface area contributed by atoms with Gasteiger partial charge in [-0.1, -0.05) is 6.08 Å². The van der Waals surface area contributed by atoms with Gasteiger partial charge in [0.05, 0.1) is 6.67 Å². The maximum Gasteiger partial charge on any atom is 0.246 e. The maximum atomic E-state index is 11.2. The summed E-state index contributed by atoms with van der Waals surface area (Å²) >= 11 is 0. The highest BCUT2D eigenvalue weighted by Gasteiger charge is 2.30. The molecule has 5 heteroatoms. The van der Waals surface area contributed by atoms with Gasteiger partial charge in [-0.2, -0.15) is 0 Å². The molecule has 0 saturated carbocycles. The van der Waals surface area contributed by atoms with Gasteiger partial charge in [0.1, 0.15) is 0 Å². The minimum atomic E-state index is -0.308. The molecule has 17 heavy (non-hydrogen) atoms. The van der Waals surface area contributed by atoms with Crippen molar-refractivity contribution in [3.63, 3.8) is 0 Å². The van der Waals surface area contributed by atoms with Crippen molar-refractivity contribution < 1.29 is 4.79 Å². The lowest BCUT2D eigenvalue weighted by Crippen LogP contribution is -2.52. The van der Waals surface area contributed by atoms with E-state index in [0.29, 0.717) is 12.0 Å². The molecular formula is C12H18N4O. The van der Waals surface area contributed by atoms with E-state index in [2.05, 4.69) is 21.0 Å². The molecule has 0 spiro atoms. The molecule has 0 radical (unpaired) electrons. The van der Waals surface area contributed by atoms with Crippen molar-refractivity contribution in [2.45, 2.75) is 19.3 Å². The smallest absolute Gasteiger partial charge is 0.246 e. The molecule has 2 unspecified atom stereocenters. The Labute approximate surface area is 101 Å². The summed E-state index contributed by atoms with van der Waals surface area (Å²) in [5.74, 6) is -0.308. The fourth-order valence-electron chi connectivity index (χ4n) is 2.71. The van der Waals surface area contributed by atoms with E-state index in [1.807, 2.05) is 6.20 Å². The fraction of sp³-hybridized carbons (Fsp3) is 0.583. The SMILES string of the molecule is NC(=O)C1=CN2C(=CC1)CN1CCCCN2C1. The predicted octanol–water partition coefficient (Wildman–Crippen LogP) is 0.229. The number of primary amides is 1. The number of allylic oxidation sites excluding steroid dienone is 1. The molecule has 2 bridgehead atoms. The van der Waals surface area contributed by atoms with Crippen LogP contribution in [0.25, 0.3) is 0 Å². The number of amides is 1. The van der Waals surface area contributed by atoms with Crippen molar-refractivity contribution in [3.8, 4) is 0 Å². The number of hydrogen-bond acceptors (Lipinski definition) is 4. The summed E-state index contributed by atoms with van der Waals surface area (Å²) < 4.78 is 0. The number of fused-ring (bicyclic) bond motifs is 4. The molecule has 92 valence electrons. The van der Waals surface area contributed by atoms with Crippen molar-refractivity contribution in [1.82, 2.24) is 14.9 Å². The first kappa shape index (κ1) is 10.8. The minimum Gasteiger partial charge on any atom is -0.366 e. The van der Waals surface area contributed by atoms with Gasteiger partial charge in [0.25, 0.3) is 0 Å². The Hall–Kier alpha value is -1.33. The first-order chi connectivity index (χ1) is 8.24. The first-order valence-electron chi connectivity index (χ1n) is 6.20. The van der Waals surface area contributed by atoms with E-state index in [1.165, 1.54) is 25.1 Å². The third-order valence-electron chi connectivity index (χ3n) is 3.64. The van der Waals surface area contributed by atoms with E-state index in [4.69, 9.17) is 5.73 Å². The highest BCUT2D eigenvalue weighted by atomic mass is 16.1. The standard InChI is InChI=1S/C12H18N4O/c13-12(17)10-3-4-11-8-14-5-1-2-6-15(9-14)16(11)7-10/h4,7H,1-3,5-6,8-9H2,(H2,13,17). The van der Waals surface area contributed by atoms with Crippen LogP contribution in [0.4, 0.5) is 0 Å². The van der Waals surface area contributed by atoms with Gasteiger partial charge in [-0.15, -0.1) is 0 Å². The van der Waals surface area contributed by atoms with Gasteiger partial charge >= 0.3 is 0 Å². The van der Waals surface area contributed by atoms with Gasteiger partial charge in [-0.05, 0) is 25.8 Å². The largest absolute Gasteiger partial charge is 0.366 e. The second kappa shape index (κ2) is 4.16. The van der Waals surface area contributed by atoms with Crippen LogP contribution in [0, 0.1) is 0 Å². The van der Waals surface area contributed by atoms with Crippen LogP contribution in [0.1, 0.15) is 19.3 Å². The number of nitrogens with two attached hydrogens (primary N) is 1. The predicted molar refractivity (Wildman–Crippen MR) is 64.2 cm³/mol. The summed E-state index contributed by atoms with van der Waals surface area (Å²) in [5.41, 5.74) is 7.34. The molecule has 3 aliphatic heterocycles. The van der Waals surface area contributed by atoms with Crippen LogP contribution < -0.4 is 5.73 Å². The van der Waals surface area contributed by atoms with Gasteiger partial charge < -0.3 is 5.73 Å². The molecule has 3 rings (SSSR count). The van der Waals surface area contributed by atoms with E-state index in [-0.39, 0.29) is 5.91 Å². The van der Waals surface area contributed by atoms with Crippen LogP contribution in [-0.2, 0) is 4.79 Å². The molecule has 0 aromatic carbocycles. The normalized spacial score (nSPS) is 32.1. The maximum absolute atomic E-state index is 11.2. The summed E-state index contributed by atoms with van der Waals surface area (Å²) in [6.07, 6.45) is 7.18. The van der Waals surface area contributed by atoms with Crippen LogP contribution in [0.2, 0.25) is 0 Å². The number of carbonyl (C=O) groups is 1. The van der Waals surface area contributed by atoms with Gasteiger partial charge in [0.2, 0.25) is 5.91 Å². The average molecular weight is 234 g/mol. The second-order valence-corrected chi connectivity index (χ2v) is 4.89. The molecule has 0 aromatic rings. The Bertz CT molecular complexity index is 401. The highest BCUT2D eigenvalue weighted by molar-refractivity contribution is 5.92. The summed E-state index contributed by atoms with van der Waals surface area (Å²) in [4.78, 5) is 13.7. The Kier molecular flexibility index (Phi) is 2.64. The van der Waals surface area contributed by atoms with E-state index in [9.17, 15) is 4.79 Å². The zero-order chi connectivity index (χ0) is 11.8. The van der Waals surface area contributed by atoms with E-state index in [1.54, 1.807) is 0 Å². The van der Waals surface area contributed by atoms with Crippen LogP contribution in [0.3, 0.4) is 0 Å². The molecular weight excluding hydrogens is 216 g/mol. The second-order valence-electron chi connectivity index (χ2n) is 4.89. The molecule has 5 nitrogen and oxygen atoms in total. The van der Waals surface area contributed by atoms with Crippen LogP contribution in [0.5, 0.6) is 0 Å². The number of carbonyl (C=O) groups excluding carboxylic acids is 1. The topological polar surface area (TPSA) is 52.8 Å². The quantitative estimate of drug-likeness (QED) is 0.705. The Balaban J connectivity index is 1.87. The fourth-order valence-corrected chi connectivity index (χ4v) is 2.71. The lowest BCUT2D eigenvalue weighted by Gasteiger charge is -2.44. The Morgan fingerprint density at radius 3 is 2.94 bits per heavy atom. The molecule has 2 fully saturated rings. The van der Waals surface area contributed by atoms with Crippen LogP contribution in [0.15, 0.2) is 23.5 Å². The zero-order valence-corrected chi connectivity index (χ0v) is 9.93. The number of hydrazine groups is 1. The Morgan fingerprint density at radius 2 is 2.12 bits per heavy atom. The summed E-state index contributed by atoms with van der Waals surface area (Å²) in [6.45, 7) is 4.17. The third kappa shape index (κ3) is 1.96. The van der Waals surface area contributed by atoms with Crippen molar-refractivity contribution in [1.29, 1.82) is 0 Å². The monoisotopic (exact) mass is 234 g/mol. The summed E-state index contributed by atoms with van der Waals surface area (Å²) in [7, 11) is 0. The highest BCUT2D eigenvalue weighted by Crippen LogP contribution is 2.27. The summed E-state index contributed by atoms with van der Waals surface area (Å²) in [6, 6.07) is 0. The summed E-state index contributed by atoms with van der Waals surface area (Å²) in [5, 5.41) is 4.43. The third-order valence-corrected chi connectivity index (χ3v) is 3.64. The minimum absolute atomic E-state index is 0.308. The molecule has 0 aliphatic carbocycles. The Morgan fingerprint density at radius 1 is 1.29 bits per heavy atom. The van der Waals surface area contributed by atoms with Gasteiger partial charge in [-0.25, -0.2) is 5.01 Å². The number of hydrogen-bond donors (Lipinski definition) is 1. The van der Waals surface area contributed by atoms with Gasteiger partial charge in [0, 0.05) is 30.6 Å². The van der Waals surface area contributed by atoms with Crippen molar-refractivity contribution in [2.75, 3.05) is 26.3 Å². The van der Waals surface area contributed by atoms with Crippen LogP contribution in [-0.4, -0.2) is 47.1 Å². The lowest BCUT2D eigenvalue weighted by atomic mass is 10.1. The van der Waals surface area contributed by atoms with Gasteiger partial charge in [-0.3, -0.25) is 14.7 Å². The van der Waals surface area contributed by atoms with Crippen molar-refractivity contribution >= 4 is 5.91 Å². The van der Waals surface area contributed by atoms with Crippen molar-refractivity contribution in [2.24, 2.45) is 5.73 Å². The van der Waals surface area contributed by atoms with E-state index in [0.717, 1.165) is 19.8 Å². The number of rotatable bonds is 1.